The fraction of sp³-hybridized carbons (Fsp3) is 0.182. The van der Waals surface area contributed by atoms with E-state index in [1.54, 1.807) is 6.92 Å². The highest BCUT2D eigenvalue weighted by molar-refractivity contribution is 5.47. The van der Waals surface area contributed by atoms with Crippen LogP contribution < -0.4 is 5.56 Å². The number of H-pyrrole nitrogens is 1. The van der Waals surface area contributed by atoms with Crippen molar-refractivity contribution in [3.8, 4) is 5.69 Å². The molecule has 0 spiro atoms. The number of non-ortho nitro benzene ring substituents is 1. The van der Waals surface area contributed by atoms with Gasteiger partial charge in [-0.2, -0.15) is 13.2 Å². The van der Waals surface area contributed by atoms with E-state index in [0.717, 1.165) is 10.7 Å². The van der Waals surface area contributed by atoms with Crippen LogP contribution in [0, 0.1) is 17.0 Å². The van der Waals surface area contributed by atoms with Crippen LogP contribution >= 0.6 is 0 Å². The van der Waals surface area contributed by atoms with Gasteiger partial charge < -0.3 is 0 Å². The van der Waals surface area contributed by atoms with Crippen LogP contribution in [0.25, 0.3) is 5.69 Å². The van der Waals surface area contributed by atoms with Gasteiger partial charge in [0.05, 0.1) is 16.2 Å². The van der Waals surface area contributed by atoms with Gasteiger partial charge in [0.25, 0.3) is 11.2 Å². The van der Waals surface area contributed by atoms with Crippen molar-refractivity contribution in [1.29, 1.82) is 0 Å². The lowest BCUT2D eigenvalue weighted by Gasteiger charge is -2.09. The van der Waals surface area contributed by atoms with E-state index in [-0.39, 0.29) is 5.69 Å². The van der Waals surface area contributed by atoms with Gasteiger partial charge in [0.1, 0.15) is 0 Å². The van der Waals surface area contributed by atoms with E-state index in [0.29, 0.717) is 17.8 Å². The molecule has 0 saturated carbocycles. The van der Waals surface area contributed by atoms with Crippen molar-refractivity contribution in [2.24, 2.45) is 0 Å². The van der Waals surface area contributed by atoms with Gasteiger partial charge in [0, 0.05) is 23.9 Å². The number of rotatable bonds is 2. The van der Waals surface area contributed by atoms with Crippen LogP contribution in [0.1, 0.15) is 11.3 Å². The third-order valence-corrected chi connectivity index (χ3v) is 2.55. The third-order valence-electron chi connectivity index (χ3n) is 2.55. The Hall–Kier alpha value is -2.58. The fourth-order valence-corrected chi connectivity index (χ4v) is 1.70. The topological polar surface area (TPSA) is 80.9 Å². The number of aryl methyl sites for hydroxylation is 1. The SMILES string of the molecule is Cc1cc(=O)n(-c2cc([N+](=O)[O-])cc(C(F)(F)F)c2)[nH]1. The summed E-state index contributed by atoms with van der Waals surface area (Å²) in [6.45, 7) is 1.54. The van der Waals surface area contributed by atoms with Crippen LogP contribution in [0.3, 0.4) is 0 Å². The number of nitrogens with zero attached hydrogens (tertiary/aromatic N) is 2. The molecule has 0 fully saturated rings. The molecular weight excluding hydrogens is 279 g/mol. The van der Waals surface area contributed by atoms with Crippen LogP contribution in [-0.4, -0.2) is 14.7 Å². The molecular formula is C11H8F3N3O3. The van der Waals surface area contributed by atoms with Gasteiger partial charge in [0.15, 0.2) is 0 Å². The van der Waals surface area contributed by atoms with Crippen LogP contribution in [0.2, 0.25) is 0 Å². The largest absolute Gasteiger partial charge is 0.416 e. The van der Waals surface area contributed by atoms with Gasteiger partial charge in [-0.3, -0.25) is 20.0 Å². The zero-order chi connectivity index (χ0) is 15.1. The molecule has 0 saturated heterocycles. The molecule has 9 heteroatoms. The molecule has 0 unspecified atom stereocenters. The summed E-state index contributed by atoms with van der Waals surface area (Å²) in [6.07, 6.45) is -4.74. The molecule has 2 rings (SSSR count). The Balaban J connectivity index is 2.70. The predicted octanol–water partition coefficient (Wildman–Crippen LogP) is 2.40. The highest BCUT2D eigenvalue weighted by Gasteiger charge is 2.33. The molecule has 20 heavy (non-hydrogen) atoms. The molecule has 1 N–H and O–H groups in total. The van der Waals surface area contributed by atoms with Gasteiger partial charge in [-0.15, -0.1) is 0 Å². The number of alkyl halides is 3. The molecule has 1 aromatic carbocycles. The van der Waals surface area contributed by atoms with E-state index in [1.165, 1.54) is 6.07 Å². The first-order valence-corrected chi connectivity index (χ1v) is 5.34. The lowest BCUT2D eigenvalue weighted by atomic mass is 10.1. The number of nitro benzene ring substituents is 1. The van der Waals surface area contributed by atoms with Gasteiger partial charge in [-0.1, -0.05) is 0 Å². The van der Waals surface area contributed by atoms with Crippen molar-refractivity contribution in [2.75, 3.05) is 0 Å². The van der Waals surface area contributed by atoms with E-state index in [4.69, 9.17) is 0 Å². The standard InChI is InChI=1S/C11H8F3N3O3/c1-6-2-10(18)16(15-6)8-3-7(11(12,13)14)4-9(5-8)17(19)20/h2-5,15H,1H3. The minimum atomic E-state index is -4.74. The fourth-order valence-electron chi connectivity index (χ4n) is 1.70. The van der Waals surface area contributed by atoms with Crippen molar-refractivity contribution in [3.63, 3.8) is 0 Å². The zero-order valence-electron chi connectivity index (χ0n) is 10.1. The normalized spacial score (nSPS) is 11.6. The first-order chi connectivity index (χ1) is 9.18. The average molecular weight is 287 g/mol. The highest BCUT2D eigenvalue weighted by atomic mass is 19.4. The Morgan fingerprint density at radius 1 is 1.25 bits per heavy atom. The van der Waals surface area contributed by atoms with Gasteiger partial charge in [-0.25, -0.2) is 4.68 Å². The maximum atomic E-state index is 12.7. The molecule has 1 aromatic heterocycles. The minimum absolute atomic E-state index is 0.246. The summed E-state index contributed by atoms with van der Waals surface area (Å²) in [6, 6.07) is 3.16. The maximum Gasteiger partial charge on any atom is 0.416 e. The van der Waals surface area contributed by atoms with Gasteiger partial charge in [0.2, 0.25) is 0 Å². The number of hydrogen-bond acceptors (Lipinski definition) is 3. The number of nitrogens with one attached hydrogen (secondary N) is 1. The van der Waals surface area contributed by atoms with Crippen molar-refractivity contribution >= 4 is 5.69 Å². The molecule has 6 nitrogen and oxygen atoms in total. The van der Waals surface area contributed by atoms with E-state index in [1.807, 2.05) is 0 Å². The summed E-state index contributed by atoms with van der Waals surface area (Å²) < 4.78 is 39.0. The number of aromatic nitrogens is 2. The molecule has 0 aliphatic heterocycles. The molecule has 1 heterocycles. The Labute approximate surface area is 109 Å². The minimum Gasteiger partial charge on any atom is -0.295 e. The number of hydrogen-bond donors (Lipinski definition) is 1. The van der Waals surface area contributed by atoms with Crippen LogP contribution in [0.4, 0.5) is 18.9 Å². The Morgan fingerprint density at radius 3 is 2.35 bits per heavy atom. The van der Waals surface area contributed by atoms with Crippen molar-refractivity contribution in [1.82, 2.24) is 9.78 Å². The number of halogens is 3. The highest BCUT2D eigenvalue weighted by Crippen LogP contribution is 2.33. The molecule has 0 amide bonds. The molecule has 2 aromatic rings. The van der Waals surface area contributed by atoms with E-state index < -0.39 is 27.9 Å². The lowest BCUT2D eigenvalue weighted by Crippen LogP contribution is -2.15. The van der Waals surface area contributed by atoms with Crippen molar-refractivity contribution < 1.29 is 18.1 Å². The van der Waals surface area contributed by atoms with Crippen LogP contribution in [0.5, 0.6) is 0 Å². The van der Waals surface area contributed by atoms with Crippen molar-refractivity contribution in [2.45, 2.75) is 13.1 Å². The molecule has 0 aliphatic carbocycles. The third kappa shape index (κ3) is 2.56. The number of benzene rings is 1. The van der Waals surface area contributed by atoms with Crippen molar-refractivity contribution in [3.05, 3.63) is 56.0 Å². The summed E-state index contributed by atoms with van der Waals surface area (Å²) in [5.41, 5.74) is -2.36. The Bertz CT molecular complexity index is 730. The van der Waals surface area contributed by atoms with Crippen LogP contribution in [0.15, 0.2) is 29.1 Å². The summed E-state index contributed by atoms with van der Waals surface area (Å²) in [5, 5.41) is 13.2. The molecule has 0 bridgehead atoms. The predicted molar refractivity (Wildman–Crippen MR) is 62.8 cm³/mol. The monoisotopic (exact) mass is 287 g/mol. The second-order valence-electron chi connectivity index (χ2n) is 4.11. The first kappa shape index (κ1) is 13.8. The zero-order valence-corrected chi connectivity index (χ0v) is 10.1. The number of nitro groups is 1. The smallest absolute Gasteiger partial charge is 0.295 e. The Kier molecular flexibility index (Phi) is 3.12. The summed E-state index contributed by atoms with van der Waals surface area (Å²) >= 11 is 0. The van der Waals surface area contributed by atoms with E-state index >= 15 is 0 Å². The second-order valence-corrected chi connectivity index (χ2v) is 4.11. The Morgan fingerprint density at radius 2 is 1.90 bits per heavy atom. The quantitative estimate of drug-likeness (QED) is 0.680. The van der Waals surface area contributed by atoms with E-state index in [9.17, 15) is 28.1 Å². The second kappa shape index (κ2) is 4.51. The van der Waals surface area contributed by atoms with Gasteiger partial charge in [-0.05, 0) is 13.0 Å². The maximum absolute atomic E-state index is 12.7. The molecule has 0 radical (unpaired) electrons. The summed E-state index contributed by atoms with van der Waals surface area (Å²) in [4.78, 5) is 21.3. The average Bonchev–Trinajstić information content (AvgIpc) is 2.66. The van der Waals surface area contributed by atoms with Gasteiger partial charge >= 0.3 is 6.18 Å². The molecule has 0 atom stereocenters. The van der Waals surface area contributed by atoms with E-state index in [2.05, 4.69) is 5.10 Å². The first-order valence-electron chi connectivity index (χ1n) is 5.34. The van der Waals surface area contributed by atoms with Crippen LogP contribution in [-0.2, 0) is 6.18 Å². The summed E-state index contributed by atoms with van der Waals surface area (Å²) in [5.74, 6) is 0. The lowest BCUT2D eigenvalue weighted by molar-refractivity contribution is -0.385. The summed E-state index contributed by atoms with van der Waals surface area (Å²) in [7, 11) is 0. The number of aromatic amines is 1. The molecule has 0 aliphatic rings. The molecule has 106 valence electrons.